The molecule has 0 bridgehead atoms. The molecule has 0 unspecified atom stereocenters. The molecule has 1 saturated heterocycles. The maximum Gasteiger partial charge on any atom is 0.322 e. The molecule has 138 valence electrons. The van der Waals surface area contributed by atoms with Crippen molar-refractivity contribution in [3.05, 3.63) is 17.1 Å². The fourth-order valence-electron chi connectivity index (χ4n) is 3.42. The number of anilines is 1. The minimum atomic E-state index is -0.783. The second-order valence-electron chi connectivity index (χ2n) is 7.06. The summed E-state index contributed by atoms with van der Waals surface area (Å²) in [7, 11) is 0. The van der Waals surface area contributed by atoms with E-state index in [1.807, 2.05) is 6.92 Å². The van der Waals surface area contributed by atoms with Crippen LogP contribution in [0.1, 0.15) is 36.3 Å². The lowest BCUT2D eigenvalue weighted by Crippen LogP contribution is -2.40. The number of urea groups is 1. The zero-order valence-corrected chi connectivity index (χ0v) is 14.7. The molecule has 1 aromatic heterocycles. The Balaban J connectivity index is 1.45. The maximum absolute atomic E-state index is 12.6. The van der Waals surface area contributed by atoms with Crippen LogP contribution in [0.5, 0.6) is 0 Å². The molecule has 1 atom stereocenters. The highest BCUT2D eigenvalue weighted by Crippen LogP contribution is 2.28. The van der Waals surface area contributed by atoms with Gasteiger partial charge in [-0.3, -0.25) is 14.9 Å². The van der Waals surface area contributed by atoms with Crippen LogP contribution in [0.15, 0.2) is 0 Å². The zero-order chi connectivity index (χ0) is 18.3. The summed E-state index contributed by atoms with van der Waals surface area (Å²) < 4.78 is 0. The van der Waals surface area contributed by atoms with Gasteiger partial charge in [-0.05, 0) is 26.2 Å². The van der Waals surface area contributed by atoms with E-state index in [-0.39, 0.29) is 12.3 Å². The number of amides is 4. The SMILES string of the molecule is Cc1nc2c(c(NC3CC3)n1)CCN(C(=O)C[C@@H]1NC(=O)NC1=O)CC2. The molecule has 26 heavy (non-hydrogen) atoms. The van der Waals surface area contributed by atoms with Crippen LogP contribution < -0.4 is 16.0 Å². The van der Waals surface area contributed by atoms with Crippen molar-refractivity contribution < 1.29 is 14.4 Å². The lowest BCUT2D eigenvalue weighted by atomic mass is 10.1. The Bertz CT molecular complexity index is 776. The van der Waals surface area contributed by atoms with Gasteiger partial charge in [0.25, 0.3) is 5.91 Å². The number of rotatable bonds is 4. The Morgan fingerprint density at radius 3 is 2.69 bits per heavy atom. The molecule has 2 aliphatic heterocycles. The molecular weight excluding hydrogens is 336 g/mol. The van der Waals surface area contributed by atoms with Crippen molar-refractivity contribution in [2.45, 2.75) is 51.1 Å². The number of hydrogen-bond donors (Lipinski definition) is 3. The van der Waals surface area contributed by atoms with Gasteiger partial charge in [0.2, 0.25) is 5.91 Å². The number of fused-ring (bicyclic) bond motifs is 1. The number of carbonyl (C=O) groups is 3. The molecule has 4 amide bonds. The van der Waals surface area contributed by atoms with Crippen LogP contribution >= 0.6 is 0 Å². The number of nitrogens with one attached hydrogen (secondary N) is 3. The van der Waals surface area contributed by atoms with E-state index in [1.165, 1.54) is 0 Å². The molecule has 1 aliphatic carbocycles. The van der Waals surface area contributed by atoms with E-state index >= 15 is 0 Å². The molecule has 0 spiro atoms. The summed E-state index contributed by atoms with van der Waals surface area (Å²) in [5, 5.41) is 8.10. The molecule has 4 rings (SSSR count). The van der Waals surface area contributed by atoms with E-state index in [0.717, 1.165) is 35.7 Å². The van der Waals surface area contributed by atoms with Gasteiger partial charge in [0.1, 0.15) is 17.7 Å². The fourth-order valence-corrected chi connectivity index (χ4v) is 3.42. The summed E-state index contributed by atoms with van der Waals surface area (Å²) in [5.74, 6) is 1.05. The predicted octanol–water partition coefficient (Wildman–Crippen LogP) is -0.115. The zero-order valence-electron chi connectivity index (χ0n) is 14.7. The smallest absolute Gasteiger partial charge is 0.322 e. The standard InChI is InChI=1S/C17H22N6O3/c1-9-18-12-5-7-23(14(24)8-13-16(25)22-17(26)21-13)6-4-11(12)15(19-9)20-10-2-3-10/h10,13H,2-8H2,1H3,(H,18,19,20)(H2,21,22,25,26)/t13-/m0/s1. The van der Waals surface area contributed by atoms with Crippen LogP contribution in [-0.2, 0) is 22.4 Å². The highest BCUT2D eigenvalue weighted by atomic mass is 16.2. The number of aryl methyl sites for hydroxylation is 1. The third kappa shape index (κ3) is 3.47. The Kier molecular flexibility index (Phi) is 4.21. The molecule has 1 aromatic rings. The van der Waals surface area contributed by atoms with E-state index < -0.39 is 18.0 Å². The Labute approximate surface area is 150 Å². The molecule has 3 aliphatic rings. The van der Waals surface area contributed by atoms with Gasteiger partial charge < -0.3 is 15.5 Å². The molecule has 9 nitrogen and oxygen atoms in total. The fraction of sp³-hybridized carbons (Fsp3) is 0.588. The van der Waals surface area contributed by atoms with Gasteiger partial charge >= 0.3 is 6.03 Å². The summed E-state index contributed by atoms with van der Waals surface area (Å²) in [6.07, 6.45) is 3.65. The van der Waals surface area contributed by atoms with Crippen molar-refractivity contribution in [2.75, 3.05) is 18.4 Å². The average Bonchev–Trinajstić information content (AvgIpc) is 3.35. The number of aromatic nitrogens is 2. The summed E-state index contributed by atoms with van der Waals surface area (Å²) >= 11 is 0. The minimum absolute atomic E-state index is 0.0220. The van der Waals surface area contributed by atoms with Crippen molar-refractivity contribution in [2.24, 2.45) is 0 Å². The Morgan fingerprint density at radius 2 is 2.00 bits per heavy atom. The highest BCUT2D eigenvalue weighted by molar-refractivity contribution is 6.05. The first-order valence-corrected chi connectivity index (χ1v) is 9.01. The van der Waals surface area contributed by atoms with Crippen LogP contribution in [0.2, 0.25) is 0 Å². The van der Waals surface area contributed by atoms with Gasteiger partial charge in [0.05, 0.1) is 12.1 Å². The lowest BCUT2D eigenvalue weighted by Gasteiger charge is -2.21. The molecular formula is C17H22N6O3. The Hall–Kier alpha value is -2.71. The highest BCUT2D eigenvalue weighted by Gasteiger charge is 2.33. The normalized spacial score (nSPS) is 22.3. The van der Waals surface area contributed by atoms with Crippen LogP contribution in [-0.4, -0.2) is 57.9 Å². The molecule has 0 radical (unpaired) electrons. The lowest BCUT2D eigenvalue weighted by molar-refractivity contribution is -0.133. The molecule has 3 N–H and O–H groups in total. The monoisotopic (exact) mass is 358 g/mol. The molecule has 2 fully saturated rings. The topological polar surface area (TPSA) is 116 Å². The minimum Gasteiger partial charge on any atom is -0.367 e. The van der Waals surface area contributed by atoms with Crippen molar-refractivity contribution in [3.63, 3.8) is 0 Å². The largest absolute Gasteiger partial charge is 0.367 e. The van der Waals surface area contributed by atoms with Crippen LogP contribution in [0.4, 0.5) is 10.6 Å². The third-order valence-electron chi connectivity index (χ3n) is 4.96. The van der Waals surface area contributed by atoms with Crippen LogP contribution in [0.25, 0.3) is 0 Å². The average molecular weight is 358 g/mol. The first-order valence-electron chi connectivity index (χ1n) is 9.01. The molecule has 0 aromatic carbocycles. The summed E-state index contributed by atoms with van der Waals surface area (Å²) in [5.41, 5.74) is 2.08. The van der Waals surface area contributed by atoms with Gasteiger partial charge in [-0.25, -0.2) is 14.8 Å². The summed E-state index contributed by atoms with van der Waals surface area (Å²) in [4.78, 5) is 46.3. The second-order valence-corrected chi connectivity index (χ2v) is 7.06. The van der Waals surface area contributed by atoms with Gasteiger partial charge in [-0.1, -0.05) is 0 Å². The van der Waals surface area contributed by atoms with Crippen molar-refractivity contribution in [1.82, 2.24) is 25.5 Å². The van der Waals surface area contributed by atoms with E-state index in [2.05, 4.69) is 25.9 Å². The summed E-state index contributed by atoms with van der Waals surface area (Å²) in [6.45, 7) is 2.99. The second kappa shape index (κ2) is 6.54. The first kappa shape index (κ1) is 16.7. The van der Waals surface area contributed by atoms with Crippen molar-refractivity contribution in [1.29, 1.82) is 0 Å². The number of hydrogen-bond acceptors (Lipinski definition) is 6. The Morgan fingerprint density at radius 1 is 1.23 bits per heavy atom. The van der Waals surface area contributed by atoms with Gasteiger partial charge in [0.15, 0.2) is 0 Å². The van der Waals surface area contributed by atoms with Crippen LogP contribution in [0, 0.1) is 6.92 Å². The van der Waals surface area contributed by atoms with Crippen molar-refractivity contribution in [3.8, 4) is 0 Å². The first-order chi connectivity index (χ1) is 12.5. The molecule has 9 heteroatoms. The summed E-state index contributed by atoms with van der Waals surface area (Å²) in [6, 6.07) is -0.828. The number of nitrogens with zero attached hydrogens (tertiary/aromatic N) is 3. The van der Waals surface area contributed by atoms with Gasteiger partial charge in [0, 0.05) is 31.1 Å². The van der Waals surface area contributed by atoms with Crippen molar-refractivity contribution >= 4 is 23.7 Å². The van der Waals surface area contributed by atoms with Gasteiger partial charge in [-0.15, -0.1) is 0 Å². The van der Waals surface area contributed by atoms with E-state index in [1.54, 1.807) is 4.90 Å². The van der Waals surface area contributed by atoms with Crippen LogP contribution in [0.3, 0.4) is 0 Å². The quantitative estimate of drug-likeness (QED) is 0.647. The molecule has 3 heterocycles. The number of carbonyl (C=O) groups excluding carboxylic acids is 3. The third-order valence-corrected chi connectivity index (χ3v) is 4.96. The van der Waals surface area contributed by atoms with E-state index in [4.69, 9.17) is 0 Å². The number of imide groups is 1. The van der Waals surface area contributed by atoms with E-state index in [0.29, 0.717) is 32.0 Å². The maximum atomic E-state index is 12.6. The predicted molar refractivity (Wildman–Crippen MR) is 92.5 cm³/mol. The molecule has 1 saturated carbocycles. The van der Waals surface area contributed by atoms with Gasteiger partial charge in [-0.2, -0.15) is 0 Å². The van der Waals surface area contributed by atoms with E-state index in [9.17, 15) is 14.4 Å².